The van der Waals surface area contributed by atoms with Gasteiger partial charge in [0, 0.05) is 19.1 Å². The summed E-state index contributed by atoms with van der Waals surface area (Å²) in [4.78, 5) is 2.52. The van der Waals surface area contributed by atoms with Gasteiger partial charge in [-0.1, -0.05) is 37.1 Å². The fraction of sp³-hybridized carbons (Fsp3) is 0.647. The summed E-state index contributed by atoms with van der Waals surface area (Å²) in [7, 11) is 0. The molecule has 1 saturated carbocycles. The minimum Gasteiger partial charge on any atom is -0.323 e. The zero-order valence-corrected chi connectivity index (χ0v) is 12.7. The van der Waals surface area contributed by atoms with Crippen LogP contribution in [0.2, 0.25) is 0 Å². The van der Waals surface area contributed by atoms with Gasteiger partial charge in [-0.3, -0.25) is 0 Å². The Morgan fingerprint density at radius 3 is 2.63 bits per heavy atom. The first-order valence-electron chi connectivity index (χ1n) is 7.65. The molecule has 2 nitrogen and oxygen atoms in total. The molecule has 0 aromatic heterocycles. The summed E-state index contributed by atoms with van der Waals surface area (Å²) < 4.78 is 0. The number of nitrogens with zero attached hydrogens (tertiary/aromatic N) is 1. The van der Waals surface area contributed by atoms with Crippen LogP contribution in [0.1, 0.15) is 48.9 Å². The van der Waals surface area contributed by atoms with Crippen molar-refractivity contribution in [3.8, 4) is 0 Å². The maximum Gasteiger partial charge on any atom is 0.0427 e. The molecular formula is C17H28N2. The van der Waals surface area contributed by atoms with Crippen molar-refractivity contribution in [1.82, 2.24) is 4.90 Å². The molecule has 0 heterocycles. The Morgan fingerprint density at radius 1 is 1.32 bits per heavy atom. The Kier molecular flexibility index (Phi) is 5.00. The van der Waals surface area contributed by atoms with Crippen molar-refractivity contribution in [3.63, 3.8) is 0 Å². The minimum atomic E-state index is 0.139. The highest BCUT2D eigenvalue weighted by Crippen LogP contribution is 2.27. The van der Waals surface area contributed by atoms with E-state index in [-0.39, 0.29) is 6.04 Å². The number of nitrogens with two attached hydrogens (primary N) is 1. The smallest absolute Gasteiger partial charge is 0.0427 e. The lowest BCUT2D eigenvalue weighted by Gasteiger charge is -2.33. The molecule has 1 aliphatic rings. The summed E-state index contributed by atoms with van der Waals surface area (Å²) in [5, 5.41) is 0. The number of rotatable bonds is 6. The standard InChI is InChI=1S/C17H28N2/c1-4-19(11-15-6-5-7-15)12-17(18)16-10-13(2)8-9-14(16)3/h8-10,15,17H,4-7,11-12,18H2,1-3H3. The third-order valence-corrected chi connectivity index (χ3v) is 4.48. The second-order valence-corrected chi connectivity index (χ2v) is 6.12. The van der Waals surface area contributed by atoms with Gasteiger partial charge in [-0.2, -0.15) is 0 Å². The quantitative estimate of drug-likeness (QED) is 0.849. The van der Waals surface area contributed by atoms with Gasteiger partial charge >= 0.3 is 0 Å². The van der Waals surface area contributed by atoms with Crippen LogP contribution in [0.15, 0.2) is 18.2 Å². The van der Waals surface area contributed by atoms with Crippen molar-refractivity contribution in [2.24, 2.45) is 11.7 Å². The first kappa shape index (κ1) is 14.5. The highest BCUT2D eigenvalue weighted by Gasteiger charge is 2.21. The minimum absolute atomic E-state index is 0.139. The number of aryl methyl sites for hydroxylation is 2. The van der Waals surface area contributed by atoms with Gasteiger partial charge in [0.25, 0.3) is 0 Å². The van der Waals surface area contributed by atoms with Crippen LogP contribution in [0.5, 0.6) is 0 Å². The lowest BCUT2D eigenvalue weighted by atomic mass is 9.85. The van der Waals surface area contributed by atoms with Crippen molar-refractivity contribution >= 4 is 0 Å². The van der Waals surface area contributed by atoms with E-state index in [9.17, 15) is 0 Å². The fourth-order valence-corrected chi connectivity index (χ4v) is 2.91. The fourth-order valence-electron chi connectivity index (χ4n) is 2.91. The zero-order valence-electron chi connectivity index (χ0n) is 12.7. The lowest BCUT2D eigenvalue weighted by molar-refractivity contribution is 0.176. The molecule has 1 aromatic carbocycles. The first-order valence-corrected chi connectivity index (χ1v) is 7.65. The molecule has 0 bridgehead atoms. The summed E-state index contributed by atoms with van der Waals surface area (Å²) in [6.45, 7) is 9.87. The van der Waals surface area contributed by atoms with Crippen molar-refractivity contribution in [1.29, 1.82) is 0 Å². The second kappa shape index (κ2) is 6.53. The van der Waals surface area contributed by atoms with Gasteiger partial charge in [-0.05, 0) is 50.3 Å². The molecule has 1 aromatic rings. The van der Waals surface area contributed by atoms with E-state index in [1.807, 2.05) is 0 Å². The first-order chi connectivity index (χ1) is 9.10. The van der Waals surface area contributed by atoms with Crippen LogP contribution in [-0.4, -0.2) is 24.5 Å². The molecule has 0 aliphatic heterocycles. The van der Waals surface area contributed by atoms with Crippen LogP contribution >= 0.6 is 0 Å². The van der Waals surface area contributed by atoms with Gasteiger partial charge in [0.2, 0.25) is 0 Å². The van der Waals surface area contributed by atoms with E-state index in [1.165, 1.54) is 42.5 Å². The van der Waals surface area contributed by atoms with Gasteiger partial charge in [0.05, 0.1) is 0 Å². The predicted octanol–water partition coefficient (Wildman–Crippen LogP) is 3.43. The summed E-state index contributed by atoms with van der Waals surface area (Å²) in [6.07, 6.45) is 4.25. The number of hydrogen-bond acceptors (Lipinski definition) is 2. The van der Waals surface area contributed by atoms with Crippen molar-refractivity contribution < 1.29 is 0 Å². The summed E-state index contributed by atoms with van der Waals surface area (Å²) in [5.41, 5.74) is 10.4. The lowest BCUT2D eigenvalue weighted by Crippen LogP contribution is -2.37. The molecular weight excluding hydrogens is 232 g/mol. The Bertz CT molecular complexity index is 410. The number of benzene rings is 1. The molecule has 2 heteroatoms. The molecule has 106 valence electrons. The third kappa shape index (κ3) is 3.80. The highest BCUT2D eigenvalue weighted by atomic mass is 15.1. The van der Waals surface area contributed by atoms with E-state index in [0.717, 1.165) is 19.0 Å². The summed E-state index contributed by atoms with van der Waals surface area (Å²) in [6, 6.07) is 6.74. The Labute approximate surface area is 118 Å². The summed E-state index contributed by atoms with van der Waals surface area (Å²) in [5.74, 6) is 0.922. The third-order valence-electron chi connectivity index (χ3n) is 4.48. The van der Waals surface area contributed by atoms with E-state index in [0.29, 0.717) is 0 Å². The molecule has 0 amide bonds. The monoisotopic (exact) mass is 260 g/mol. The zero-order chi connectivity index (χ0) is 13.8. The second-order valence-electron chi connectivity index (χ2n) is 6.12. The van der Waals surface area contributed by atoms with E-state index in [2.05, 4.69) is 43.9 Å². The molecule has 2 N–H and O–H groups in total. The van der Waals surface area contributed by atoms with Crippen molar-refractivity contribution in [3.05, 3.63) is 34.9 Å². The Hall–Kier alpha value is -0.860. The van der Waals surface area contributed by atoms with E-state index in [1.54, 1.807) is 0 Å². The molecule has 19 heavy (non-hydrogen) atoms. The van der Waals surface area contributed by atoms with Crippen LogP contribution in [0.25, 0.3) is 0 Å². The molecule has 1 fully saturated rings. The van der Waals surface area contributed by atoms with Gasteiger partial charge in [0.1, 0.15) is 0 Å². The molecule has 0 radical (unpaired) electrons. The Balaban J connectivity index is 1.97. The van der Waals surface area contributed by atoms with Crippen molar-refractivity contribution in [2.75, 3.05) is 19.6 Å². The van der Waals surface area contributed by atoms with E-state index >= 15 is 0 Å². The van der Waals surface area contributed by atoms with Crippen LogP contribution < -0.4 is 5.73 Å². The highest BCUT2D eigenvalue weighted by molar-refractivity contribution is 5.33. The van der Waals surface area contributed by atoms with Crippen LogP contribution in [0.4, 0.5) is 0 Å². The number of hydrogen-bond donors (Lipinski definition) is 1. The molecule has 0 spiro atoms. The molecule has 1 atom stereocenters. The Morgan fingerprint density at radius 2 is 2.05 bits per heavy atom. The van der Waals surface area contributed by atoms with Crippen LogP contribution in [0.3, 0.4) is 0 Å². The van der Waals surface area contributed by atoms with E-state index in [4.69, 9.17) is 5.73 Å². The maximum absolute atomic E-state index is 6.43. The van der Waals surface area contributed by atoms with Gasteiger partial charge < -0.3 is 10.6 Å². The van der Waals surface area contributed by atoms with Gasteiger partial charge in [0.15, 0.2) is 0 Å². The SMILES string of the molecule is CCN(CC1CCC1)CC(N)c1cc(C)ccc1C. The number of likely N-dealkylation sites (N-methyl/N-ethyl adjacent to an activating group) is 1. The summed E-state index contributed by atoms with van der Waals surface area (Å²) >= 11 is 0. The van der Waals surface area contributed by atoms with Crippen LogP contribution in [0, 0.1) is 19.8 Å². The predicted molar refractivity (Wildman–Crippen MR) is 82.3 cm³/mol. The average Bonchev–Trinajstić information content (AvgIpc) is 2.34. The van der Waals surface area contributed by atoms with E-state index < -0.39 is 0 Å². The topological polar surface area (TPSA) is 29.3 Å². The van der Waals surface area contributed by atoms with Gasteiger partial charge in [-0.15, -0.1) is 0 Å². The van der Waals surface area contributed by atoms with Gasteiger partial charge in [-0.25, -0.2) is 0 Å². The molecule has 2 rings (SSSR count). The molecule has 0 saturated heterocycles. The molecule has 1 unspecified atom stereocenters. The van der Waals surface area contributed by atoms with Crippen molar-refractivity contribution in [2.45, 2.75) is 46.1 Å². The normalized spacial score (nSPS) is 17.5. The average molecular weight is 260 g/mol. The van der Waals surface area contributed by atoms with Crippen LogP contribution in [-0.2, 0) is 0 Å². The largest absolute Gasteiger partial charge is 0.323 e. The molecule has 1 aliphatic carbocycles. The maximum atomic E-state index is 6.43.